The van der Waals surface area contributed by atoms with E-state index in [1.54, 1.807) is 17.7 Å². The highest BCUT2D eigenvalue weighted by Gasteiger charge is 2.24. The molecule has 0 saturated carbocycles. The number of para-hydroxylation sites is 2. The average Bonchev–Trinajstić information content (AvgIpc) is 3.25. The van der Waals surface area contributed by atoms with Crippen molar-refractivity contribution in [3.63, 3.8) is 0 Å². The summed E-state index contributed by atoms with van der Waals surface area (Å²) < 4.78 is 24.5. The van der Waals surface area contributed by atoms with Gasteiger partial charge in [0.15, 0.2) is 17.3 Å². The predicted molar refractivity (Wildman–Crippen MR) is 135 cm³/mol. The lowest BCUT2D eigenvalue weighted by Gasteiger charge is -2.26. The van der Waals surface area contributed by atoms with Crippen molar-refractivity contribution in [3.05, 3.63) is 41.9 Å². The number of hydrogen-bond donors (Lipinski definition) is 1. The van der Waals surface area contributed by atoms with E-state index in [9.17, 15) is 0 Å². The number of imidazole rings is 1. The minimum atomic E-state index is 0.232. The molecule has 188 valence electrons. The van der Waals surface area contributed by atoms with Gasteiger partial charge >= 0.3 is 0 Å². The molecule has 5 rings (SSSR count). The van der Waals surface area contributed by atoms with Gasteiger partial charge in [-0.05, 0) is 23.7 Å². The van der Waals surface area contributed by atoms with Crippen LogP contribution in [0.1, 0.15) is 0 Å². The average molecular weight is 512 g/mol. The Morgan fingerprint density at radius 1 is 1.06 bits per heavy atom. The van der Waals surface area contributed by atoms with Gasteiger partial charge in [0, 0.05) is 25.7 Å². The minimum absolute atomic E-state index is 0.232. The Morgan fingerprint density at radius 3 is 2.64 bits per heavy atom. The van der Waals surface area contributed by atoms with Crippen LogP contribution in [0.2, 0.25) is 5.28 Å². The van der Waals surface area contributed by atoms with Gasteiger partial charge in [-0.25, -0.2) is 15.0 Å². The fraction of sp³-hybridized carbons (Fsp3) is 0.333. The van der Waals surface area contributed by atoms with Crippen LogP contribution in [0.4, 0.5) is 5.69 Å². The normalized spacial score (nSPS) is 14.2. The molecule has 0 atom stereocenters. The molecule has 1 aliphatic rings. The highest BCUT2D eigenvalue weighted by molar-refractivity contribution is 6.29. The van der Waals surface area contributed by atoms with Crippen molar-refractivity contribution < 1.29 is 18.9 Å². The number of anilines is 1. The van der Waals surface area contributed by atoms with Crippen LogP contribution in [-0.2, 0) is 4.74 Å². The maximum atomic E-state index is 6.43. The van der Waals surface area contributed by atoms with E-state index in [2.05, 4.69) is 24.8 Å². The number of hydrogen-bond acceptors (Lipinski definition) is 10. The fourth-order valence-corrected chi connectivity index (χ4v) is 4.41. The highest BCUT2D eigenvalue weighted by atomic mass is 35.5. The summed E-state index contributed by atoms with van der Waals surface area (Å²) in [5, 5.41) is 0.232. The second-order valence-electron chi connectivity index (χ2n) is 8.02. The Bertz CT molecular complexity index is 1370. The summed E-state index contributed by atoms with van der Waals surface area (Å²) >= 11 is 6.43. The van der Waals surface area contributed by atoms with Gasteiger partial charge in [0.25, 0.3) is 0 Å². The maximum absolute atomic E-state index is 6.43. The van der Waals surface area contributed by atoms with Crippen LogP contribution in [-0.4, -0.2) is 83.1 Å². The molecule has 0 radical (unpaired) electrons. The first kappa shape index (κ1) is 24.0. The van der Waals surface area contributed by atoms with E-state index in [0.29, 0.717) is 46.9 Å². The summed E-state index contributed by atoms with van der Waals surface area (Å²) in [5.41, 5.74) is 8.74. The maximum Gasteiger partial charge on any atom is 0.240 e. The molecular formula is C24H26ClN7O4. The third-order valence-electron chi connectivity index (χ3n) is 5.92. The van der Waals surface area contributed by atoms with E-state index < -0.39 is 0 Å². The number of aromatic nitrogens is 5. The Labute approximate surface area is 212 Å². The molecule has 0 amide bonds. The summed E-state index contributed by atoms with van der Waals surface area (Å²) in [5.74, 6) is 1.83. The molecule has 1 fully saturated rings. The zero-order chi connectivity index (χ0) is 25.1. The number of nitrogens with zero attached hydrogens (tertiary/aromatic N) is 6. The number of halogens is 1. The number of fused-ring (bicyclic) bond motifs is 1. The first-order valence-corrected chi connectivity index (χ1v) is 11.8. The number of benzene rings is 2. The monoisotopic (exact) mass is 511 g/mol. The molecule has 12 heteroatoms. The van der Waals surface area contributed by atoms with Gasteiger partial charge in [0.1, 0.15) is 12.9 Å². The van der Waals surface area contributed by atoms with Crippen molar-refractivity contribution in [3.8, 4) is 34.6 Å². The Morgan fingerprint density at radius 2 is 1.86 bits per heavy atom. The summed E-state index contributed by atoms with van der Waals surface area (Å²) in [6, 6.07) is 9.21. The molecule has 11 nitrogen and oxygen atoms in total. The molecule has 0 spiro atoms. The summed E-state index contributed by atoms with van der Waals surface area (Å²) in [6.07, 6.45) is 1.39. The van der Waals surface area contributed by atoms with Crippen LogP contribution >= 0.6 is 11.6 Å². The summed E-state index contributed by atoms with van der Waals surface area (Å²) in [7, 11) is 3.09. The van der Waals surface area contributed by atoms with Crippen LogP contribution in [0.3, 0.4) is 0 Å². The zero-order valence-corrected chi connectivity index (χ0v) is 20.7. The second kappa shape index (κ2) is 10.5. The number of methoxy groups -OCH3 is 2. The largest absolute Gasteiger partial charge is 0.493 e. The molecule has 2 aromatic carbocycles. The van der Waals surface area contributed by atoms with E-state index in [0.717, 1.165) is 43.9 Å². The molecule has 36 heavy (non-hydrogen) atoms. The van der Waals surface area contributed by atoms with Crippen LogP contribution in [0.25, 0.3) is 28.4 Å². The Balaban J connectivity index is 1.53. The van der Waals surface area contributed by atoms with E-state index >= 15 is 0 Å². The van der Waals surface area contributed by atoms with Crippen molar-refractivity contribution >= 4 is 28.3 Å². The molecule has 2 aromatic heterocycles. The molecule has 0 aliphatic carbocycles. The van der Waals surface area contributed by atoms with Gasteiger partial charge < -0.3 is 24.7 Å². The minimum Gasteiger partial charge on any atom is -0.493 e. The lowest BCUT2D eigenvalue weighted by Crippen LogP contribution is -2.38. The smallest absolute Gasteiger partial charge is 0.240 e. The first-order valence-electron chi connectivity index (χ1n) is 11.4. The van der Waals surface area contributed by atoms with Gasteiger partial charge in [-0.3, -0.25) is 9.47 Å². The standard InChI is InChI=1S/C24H26ClN7O4/c1-33-18-13-15(26)19(21(34-2)20(18)36-12-9-31-7-10-35-11-8-31)22-27-14-28-24(30-22)32-17-6-4-3-5-16(17)29-23(32)25/h3-6,13-14H,7-12,26H2,1-2H3. The van der Waals surface area contributed by atoms with Gasteiger partial charge in [0.05, 0.1) is 49.7 Å². The Hall–Kier alpha value is -3.67. The van der Waals surface area contributed by atoms with Gasteiger partial charge in [0.2, 0.25) is 17.0 Å². The quantitative estimate of drug-likeness (QED) is 0.353. The van der Waals surface area contributed by atoms with Crippen molar-refractivity contribution in [1.29, 1.82) is 0 Å². The predicted octanol–water partition coefficient (Wildman–Crippen LogP) is 2.84. The Kier molecular flexibility index (Phi) is 7.03. The van der Waals surface area contributed by atoms with E-state index in [1.165, 1.54) is 13.4 Å². The summed E-state index contributed by atoms with van der Waals surface area (Å²) in [6.45, 7) is 4.33. The molecule has 0 unspecified atom stereocenters. The number of nitrogen functional groups attached to an aromatic ring is 1. The summed E-state index contributed by atoms with van der Waals surface area (Å²) in [4.78, 5) is 20.0. The van der Waals surface area contributed by atoms with Crippen LogP contribution in [0.15, 0.2) is 36.7 Å². The fourth-order valence-electron chi connectivity index (χ4n) is 4.15. The van der Waals surface area contributed by atoms with Gasteiger partial charge in [-0.1, -0.05) is 12.1 Å². The van der Waals surface area contributed by atoms with Crippen molar-refractivity contribution in [2.24, 2.45) is 0 Å². The molecule has 1 saturated heterocycles. The molecule has 3 heterocycles. The molecule has 1 aliphatic heterocycles. The SMILES string of the molecule is COc1cc(N)c(-c2ncnc(-n3c(Cl)nc4ccccc43)n2)c(OC)c1OCCN1CCOCC1. The first-order chi connectivity index (χ1) is 17.6. The second-order valence-corrected chi connectivity index (χ2v) is 8.36. The van der Waals surface area contributed by atoms with Gasteiger partial charge in [-0.15, -0.1) is 0 Å². The third kappa shape index (κ3) is 4.60. The van der Waals surface area contributed by atoms with Crippen molar-refractivity contribution in [1.82, 2.24) is 29.4 Å². The number of rotatable bonds is 8. The van der Waals surface area contributed by atoms with Crippen LogP contribution in [0.5, 0.6) is 17.2 Å². The van der Waals surface area contributed by atoms with Crippen LogP contribution < -0.4 is 19.9 Å². The number of ether oxygens (including phenoxy) is 4. The molecule has 2 N–H and O–H groups in total. The third-order valence-corrected chi connectivity index (χ3v) is 6.17. The van der Waals surface area contributed by atoms with Crippen molar-refractivity contribution in [2.75, 3.05) is 59.4 Å². The lowest BCUT2D eigenvalue weighted by atomic mass is 10.1. The van der Waals surface area contributed by atoms with Gasteiger partial charge in [-0.2, -0.15) is 4.98 Å². The number of nitrogens with two attached hydrogens (primary N) is 1. The molecule has 0 bridgehead atoms. The highest BCUT2D eigenvalue weighted by Crippen LogP contribution is 2.47. The topological polar surface area (TPSA) is 123 Å². The zero-order valence-electron chi connectivity index (χ0n) is 20.0. The molecular weight excluding hydrogens is 486 g/mol. The van der Waals surface area contributed by atoms with Crippen molar-refractivity contribution in [2.45, 2.75) is 0 Å². The van der Waals surface area contributed by atoms with E-state index in [-0.39, 0.29) is 5.28 Å². The number of morpholine rings is 1. The molecule has 4 aromatic rings. The van der Waals surface area contributed by atoms with E-state index in [1.807, 2.05) is 24.3 Å². The van der Waals surface area contributed by atoms with E-state index in [4.69, 9.17) is 36.3 Å². The van der Waals surface area contributed by atoms with Crippen LogP contribution in [0, 0.1) is 0 Å². The lowest BCUT2D eigenvalue weighted by molar-refractivity contribution is 0.0319.